The topological polar surface area (TPSA) is 66.3 Å². The Kier molecular flexibility index (Phi) is 8.82. The van der Waals surface area contributed by atoms with Crippen LogP contribution in [0.15, 0.2) is 59.8 Å². The second-order valence-electron chi connectivity index (χ2n) is 8.76. The van der Waals surface area contributed by atoms with Crippen molar-refractivity contribution in [2.75, 3.05) is 43.4 Å². The first-order valence-electron chi connectivity index (χ1n) is 12.6. The Labute approximate surface area is 212 Å². The van der Waals surface area contributed by atoms with Crippen LogP contribution in [-0.2, 0) is 4.79 Å². The molecular weight excluding hydrogens is 456 g/mol. The number of rotatable bonds is 10. The highest BCUT2D eigenvalue weighted by molar-refractivity contribution is 7.99. The van der Waals surface area contributed by atoms with Gasteiger partial charge in [0.15, 0.2) is 11.0 Å². The number of nitrogens with zero attached hydrogens (tertiary/aromatic N) is 5. The van der Waals surface area contributed by atoms with Gasteiger partial charge in [-0.3, -0.25) is 9.36 Å². The van der Waals surface area contributed by atoms with Crippen LogP contribution in [-0.4, -0.2) is 70.1 Å². The summed E-state index contributed by atoms with van der Waals surface area (Å²) in [6.07, 6.45) is 2.02. The molecule has 2 aromatic carbocycles. The first-order chi connectivity index (χ1) is 17.1. The van der Waals surface area contributed by atoms with Crippen molar-refractivity contribution in [3.8, 4) is 17.1 Å². The molecule has 1 fully saturated rings. The normalized spacial score (nSPS) is 14.7. The van der Waals surface area contributed by atoms with Crippen LogP contribution in [0, 0.1) is 0 Å². The zero-order valence-electron chi connectivity index (χ0n) is 21.0. The summed E-state index contributed by atoms with van der Waals surface area (Å²) in [6, 6.07) is 18.8. The second-order valence-corrected chi connectivity index (χ2v) is 9.70. The van der Waals surface area contributed by atoms with Crippen LogP contribution in [0.1, 0.15) is 33.6 Å². The molecule has 4 rings (SSSR count). The Hall–Kier alpha value is -2.84. The van der Waals surface area contributed by atoms with Crippen molar-refractivity contribution in [1.82, 2.24) is 25.0 Å². The number of amides is 1. The zero-order valence-corrected chi connectivity index (χ0v) is 21.8. The van der Waals surface area contributed by atoms with Gasteiger partial charge >= 0.3 is 0 Å². The van der Waals surface area contributed by atoms with Gasteiger partial charge in [0.05, 0.1) is 5.75 Å². The molecule has 8 heteroatoms. The summed E-state index contributed by atoms with van der Waals surface area (Å²) in [5, 5.41) is 12.9. The van der Waals surface area contributed by atoms with E-state index in [4.69, 9.17) is 0 Å². The second kappa shape index (κ2) is 12.2. The van der Waals surface area contributed by atoms with Gasteiger partial charge in [-0.1, -0.05) is 36.9 Å². The summed E-state index contributed by atoms with van der Waals surface area (Å²) in [5.41, 5.74) is 3.17. The Bertz CT molecular complexity index is 1070. The molecule has 3 aromatic rings. The third kappa shape index (κ3) is 6.24. The Morgan fingerprint density at radius 3 is 2.31 bits per heavy atom. The van der Waals surface area contributed by atoms with Crippen molar-refractivity contribution in [2.45, 2.75) is 44.8 Å². The fourth-order valence-electron chi connectivity index (χ4n) is 4.56. The van der Waals surface area contributed by atoms with Crippen molar-refractivity contribution >= 4 is 23.4 Å². The molecule has 0 saturated carbocycles. The number of para-hydroxylation sites is 1. The fourth-order valence-corrected chi connectivity index (χ4v) is 5.33. The smallest absolute Gasteiger partial charge is 0.230 e. The van der Waals surface area contributed by atoms with E-state index in [0.717, 1.165) is 67.8 Å². The highest BCUT2D eigenvalue weighted by Gasteiger charge is 2.21. The number of carbonyl (C=O) groups is 1. The first kappa shape index (κ1) is 25.3. The number of likely N-dealkylation sites (tertiary alicyclic amines) is 1. The molecule has 0 aliphatic carbocycles. The summed E-state index contributed by atoms with van der Waals surface area (Å²) < 4.78 is 2.05. The SMILES string of the molecule is CCN1CCC(NC(=O)CSc2nnc(-c3ccc(N(CC)CC)cc3)n2-c2ccccc2)CC1. The number of anilines is 1. The van der Waals surface area contributed by atoms with E-state index in [2.05, 4.69) is 70.4 Å². The summed E-state index contributed by atoms with van der Waals surface area (Å²) in [6.45, 7) is 11.6. The zero-order chi connectivity index (χ0) is 24.6. The van der Waals surface area contributed by atoms with Crippen LogP contribution in [0.2, 0.25) is 0 Å². The number of nitrogens with one attached hydrogen (secondary N) is 1. The average Bonchev–Trinajstić information content (AvgIpc) is 3.33. The van der Waals surface area contributed by atoms with Crippen molar-refractivity contribution < 1.29 is 4.79 Å². The van der Waals surface area contributed by atoms with E-state index in [1.165, 1.54) is 17.4 Å². The monoisotopic (exact) mass is 492 g/mol. The molecule has 0 bridgehead atoms. The minimum Gasteiger partial charge on any atom is -0.372 e. The standard InChI is InChI=1S/C27H36N6OS/c1-4-31-18-16-22(17-19-31)28-25(34)20-35-27-30-29-26(33(27)24-10-8-7-9-11-24)21-12-14-23(15-13-21)32(5-2)6-3/h7-15,22H,4-6,16-20H2,1-3H3,(H,28,34). The molecule has 186 valence electrons. The predicted octanol–water partition coefficient (Wildman–Crippen LogP) is 4.47. The quantitative estimate of drug-likeness (QED) is 0.421. The molecule has 0 unspecified atom stereocenters. The van der Waals surface area contributed by atoms with Gasteiger partial charge in [-0.2, -0.15) is 0 Å². The maximum atomic E-state index is 12.7. The molecule has 35 heavy (non-hydrogen) atoms. The lowest BCUT2D eigenvalue weighted by Crippen LogP contribution is -2.45. The third-order valence-electron chi connectivity index (χ3n) is 6.63. The molecule has 0 spiro atoms. The number of aromatic nitrogens is 3. The van der Waals surface area contributed by atoms with E-state index in [1.807, 2.05) is 34.9 Å². The van der Waals surface area contributed by atoms with E-state index < -0.39 is 0 Å². The molecule has 1 aromatic heterocycles. The highest BCUT2D eigenvalue weighted by atomic mass is 32.2. The molecule has 0 radical (unpaired) electrons. The lowest BCUT2D eigenvalue weighted by atomic mass is 10.1. The molecule has 1 aliphatic rings. The van der Waals surface area contributed by atoms with Crippen LogP contribution < -0.4 is 10.2 Å². The molecule has 1 saturated heterocycles. The Balaban J connectivity index is 1.50. The van der Waals surface area contributed by atoms with E-state index in [9.17, 15) is 4.79 Å². The fraction of sp³-hybridized carbons (Fsp3) is 0.444. The van der Waals surface area contributed by atoms with Crippen LogP contribution in [0.25, 0.3) is 17.1 Å². The van der Waals surface area contributed by atoms with E-state index in [-0.39, 0.29) is 11.9 Å². The lowest BCUT2D eigenvalue weighted by Gasteiger charge is -2.31. The minimum atomic E-state index is 0.0534. The van der Waals surface area contributed by atoms with Crippen LogP contribution in [0.5, 0.6) is 0 Å². The van der Waals surface area contributed by atoms with E-state index in [1.54, 1.807) is 0 Å². The molecule has 1 N–H and O–H groups in total. The maximum Gasteiger partial charge on any atom is 0.230 e. The molecule has 2 heterocycles. The summed E-state index contributed by atoms with van der Waals surface area (Å²) in [4.78, 5) is 17.5. The summed E-state index contributed by atoms with van der Waals surface area (Å²) in [5.74, 6) is 1.15. The van der Waals surface area contributed by atoms with Crippen LogP contribution in [0.3, 0.4) is 0 Å². The summed E-state index contributed by atoms with van der Waals surface area (Å²) >= 11 is 1.43. The summed E-state index contributed by atoms with van der Waals surface area (Å²) in [7, 11) is 0. The molecule has 1 amide bonds. The van der Waals surface area contributed by atoms with Crippen LogP contribution >= 0.6 is 11.8 Å². The van der Waals surface area contributed by atoms with Crippen molar-refractivity contribution in [2.24, 2.45) is 0 Å². The van der Waals surface area contributed by atoms with Gasteiger partial charge in [0.2, 0.25) is 5.91 Å². The molecule has 7 nitrogen and oxygen atoms in total. The maximum absolute atomic E-state index is 12.7. The van der Waals surface area contributed by atoms with Gasteiger partial charge in [0, 0.05) is 49.2 Å². The number of hydrogen-bond acceptors (Lipinski definition) is 6. The average molecular weight is 493 g/mol. The molecule has 0 atom stereocenters. The Morgan fingerprint density at radius 2 is 1.69 bits per heavy atom. The lowest BCUT2D eigenvalue weighted by molar-refractivity contribution is -0.119. The number of hydrogen-bond donors (Lipinski definition) is 1. The third-order valence-corrected chi connectivity index (χ3v) is 7.56. The van der Waals surface area contributed by atoms with Gasteiger partial charge in [0.25, 0.3) is 0 Å². The van der Waals surface area contributed by atoms with Gasteiger partial charge in [-0.15, -0.1) is 10.2 Å². The van der Waals surface area contributed by atoms with Crippen molar-refractivity contribution in [1.29, 1.82) is 0 Å². The van der Waals surface area contributed by atoms with E-state index >= 15 is 0 Å². The van der Waals surface area contributed by atoms with Gasteiger partial charge in [0.1, 0.15) is 0 Å². The minimum absolute atomic E-state index is 0.0534. The number of piperidine rings is 1. The first-order valence-corrected chi connectivity index (χ1v) is 13.6. The molecule has 1 aliphatic heterocycles. The Morgan fingerprint density at radius 1 is 1.00 bits per heavy atom. The predicted molar refractivity (Wildman–Crippen MR) is 144 cm³/mol. The van der Waals surface area contributed by atoms with Crippen molar-refractivity contribution in [3.05, 3.63) is 54.6 Å². The highest BCUT2D eigenvalue weighted by Crippen LogP contribution is 2.29. The number of thioether (sulfide) groups is 1. The van der Waals surface area contributed by atoms with Crippen molar-refractivity contribution in [3.63, 3.8) is 0 Å². The van der Waals surface area contributed by atoms with Gasteiger partial charge < -0.3 is 15.1 Å². The van der Waals surface area contributed by atoms with Gasteiger partial charge in [-0.25, -0.2) is 0 Å². The number of carbonyl (C=O) groups excluding carboxylic acids is 1. The van der Waals surface area contributed by atoms with Crippen LogP contribution in [0.4, 0.5) is 5.69 Å². The van der Waals surface area contributed by atoms with E-state index in [0.29, 0.717) is 5.75 Å². The van der Waals surface area contributed by atoms with Gasteiger partial charge in [-0.05, 0) is 69.6 Å². The number of benzene rings is 2. The molecular formula is C27H36N6OS. The largest absolute Gasteiger partial charge is 0.372 e.